The predicted molar refractivity (Wildman–Crippen MR) is 136 cm³/mol. The number of carbonyl (C=O) groups excluding carboxylic acids is 1. The number of rotatable bonds is 9. The van der Waals surface area contributed by atoms with Crippen LogP contribution in [0.4, 0.5) is 5.69 Å². The first kappa shape index (κ1) is 25.6. The van der Waals surface area contributed by atoms with E-state index in [1.54, 1.807) is 12.1 Å². The molecule has 0 aliphatic carbocycles. The molecular weight excluding hydrogens is 521 g/mol. The van der Waals surface area contributed by atoms with Crippen molar-refractivity contribution in [1.29, 1.82) is 0 Å². The minimum Gasteiger partial charge on any atom is -0.356 e. The van der Waals surface area contributed by atoms with Crippen LogP contribution < -0.4 is 10.6 Å². The Morgan fingerprint density at radius 3 is 2.53 bits per heavy atom. The SMILES string of the molecule is CC(NC(=NCc1ccc([N+](=O)[O-])cc1)NCCCN1CCCC1=O)c1ccccc1.I. The van der Waals surface area contributed by atoms with Crippen LogP contribution >= 0.6 is 24.0 Å². The smallest absolute Gasteiger partial charge is 0.269 e. The molecule has 0 aromatic heterocycles. The topological polar surface area (TPSA) is 99.9 Å². The van der Waals surface area contributed by atoms with Crippen molar-refractivity contribution in [2.75, 3.05) is 19.6 Å². The average molecular weight is 551 g/mol. The van der Waals surface area contributed by atoms with Gasteiger partial charge < -0.3 is 15.5 Å². The molecule has 0 bridgehead atoms. The molecule has 1 aliphatic heterocycles. The fourth-order valence-corrected chi connectivity index (χ4v) is 3.49. The molecule has 9 heteroatoms. The van der Waals surface area contributed by atoms with Crippen molar-refractivity contribution < 1.29 is 9.72 Å². The standard InChI is InChI=1S/C23H29N5O3.HI/c1-18(20-7-3-2-4-8-20)26-23(24-14-6-16-27-15-5-9-22(27)29)25-17-19-10-12-21(13-11-19)28(30)31;/h2-4,7-8,10-13,18H,5-6,9,14-17H2,1H3,(H2,24,25,26);1H. The third kappa shape index (κ3) is 7.77. The number of nitrogens with zero attached hydrogens (tertiary/aromatic N) is 3. The lowest BCUT2D eigenvalue weighted by molar-refractivity contribution is -0.384. The number of nitrogens with one attached hydrogen (secondary N) is 2. The Morgan fingerprint density at radius 1 is 1.19 bits per heavy atom. The summed E-state index contributed by atoms with van der Waals surface area (Å²) in [6.45, 7) is 4.76. The molecule has 3 rings (SSSR count). The van der Waals surface area contributed by atoms with Crippen LogP contribution in [-0.4, -0.2) is 41.3 Å². The maximum Gasteiger partial charge on any atom is 0.269 e. The molecule has 1 atom stereocenters. The van der Waals surface area contributed by atoms with Gasteiger partial charge in [0.15, 0.2) is 5.96 Å². The molecule has 172 valence electrons. The van der Waals surface area contributed by atoms with Crippen molar-refractivity contribution in [3.05, 3.63) is 75.8 Å². The van der Waals surface area contributed by atoms with Gasteiger partial charge in [-0.25, -0.2) is 4.99 Å². The number of nitro benzene ring substituents is 1. The van der Waals surface area contributed by atoms with Gasteiger partial charge in [-0.05, 0) is 30.9 Å². The Balaban J connectivity index is 0.00000363. The summed E-state index contributed by atoms with van der Waals surface area (Å²) in [5.74, 6) is 0.908. The Kier molecular flexibility index (Phi) is 10.4. The summed E-state index contributed by atoms with van der Waals surface area (Å²) in [6.07, 6.45) is 2.44. The summed E-state index contributed by atoms with van der Waals surface area (Å²) in [6, 6.07) is 16.6. The number of likely N-dealkylation sites (tertiary alicyclic amines) is 1. The molecule has 32 heavy (non-hydrogen) atoms. The van der Waals surface area contributed by atoms with Gasteiger partial charge in [0.1, 0.15) is 0 Å². The molecule has 1 aliphatic rings. The number of nitro groups is 1. The van der Waals surface area contributed by atoms with Crippen molar-refractivity contribution >= 4 is 41.5 Å². The second kappa shape index (κ2) is 13.0. The molecule has 1 saturated heterocycles. The van der Waals surface area contributed by atoms with Gasteiger partial charge in [-0.1, -0.05) is 42.5 Å². The number of halogens is 1. The van der Waals surface area contributed by atoms with Crippen molar-refractivity contribution in [2.24, 2.45) is 4.99 Å². The Hall–Kier alpha value is -2.69. The lowest BCUT2D eigenvalue weighted by Gasteiger charge is -2.20. The number of benzene rings is 2. The third-order valence-electron chi connectivity index (χ3n) is 5.29. The average Bonchev–Trinajstić information content (AvgIpc) is 3.20. The van der Waals surface area contributed by atoms with Gasteiger partial charge in [-0.2, -0.15) is 0 Å². The predicted octanol–water partition coefficient (Wildman–Crippen LogP) is 4.02. The maximum absolute atomic E-state index is 11.8. The molecule has 0 saturated carbocycles. The molecule has 0 spiro atoms. The van der Waals surface area contributed by atoms with E-state index in [2.05, 4.69) is 34.7 Å². The molecule has 2 aromatic carbocycles. The van der Waals surface area contributed by atoms with Gasteiger partial charge >= 0.3 is 0 Å². The molecule has 1 amide bonds. The first-order valence-corrected chi connectivity index (χ1v) is 10.6. The van der Waals surface area contributed by atoms with Crippen LogP contribution in [0.1, 0.15) is 43.4 Å². The zero-order valence-corrected chi connectivity index (χ0v) is 20.5. The molecule has 1 fully saturated rings. The number of carbonyl (C=O) groups is 1. The van der Waals surface area contributed by atoms with Crippen LogP contribution in [-0.2, 0) is 11.3 Å². The minimum atomic E-state index is -0.408. The number of guanidine groups is 1. The number of aliphatic imine (C=N–C) groups is 1. The van der Waals surface area contributed by atoms with E-state index < -0.39 is 4.92 Å². The van der Waals surface area contributed by atoms with Gasteiger partial charge in [0.05, 0.1) is 17.5 Å². The summed E-state index contributed by atoms with van der Waals surface area (Å²) >= 11 is 0. The van der Waals surface area contributed by atoms with E-state index in [0.29, 0.717) is 25.5 Å². The lowest BCUT2D eigenvalue weighted by atomic mass is 10.1. The molecule has 2 aromatic rings. The molecule has 0 radical (unpaired) electrons. The highest BCUT2D eigenvalue weighted by molar-refractivity contribution is 14.0. The zero-order chi connectivity index (χ0) is 22.1. The number of hydrogen-bond donors (Lipinski definition) is 2. The van der Waals surface area contributed by atoms with Gasteiger partial charge in [0.25, 0.3) is 5.69 Å². The van der Waals surface area contributed by atoms with Crippen LogP contribution in [0, 0.1) is 10.1 Å². The summed E-state index contributed by atoms with van der Waals surface area (Å²) in [5.41, 5.74) is 2.11. The fourth-order valence-electron chi connectivity index (χ4n) is 3.49. The Bertz CT molecular complexity index is 906. The van der Waals surface area contributed by atoms with Crippen molar-refractivity contribution in [3.8, 4) is 0 Å². The highest BCUT2D eigenvalue weighted by Crippen LogP contribution is 2.14. The summed E-state index contributed by atoms with van der Waals surface area (Å²) in [4.78, 5) is 28.8. The van der Waals surface area contributed by atoms with E-state index in [0.717, 1.165) is 37.1 Å². The van der Waals surface area contributed by atoms with Crippen LogP contribution in [0.5, 0.6) is 0 Å². The van der Waals surface area contributed by atoms with E-state index in [9.17, 15) is 14.9 Å². The van der Waals surface area contributed by atoms with E-state index >= 15 is 0 Å². The molecule has 2 N–H and O–H groups in total. The highest BCUT2D eigenvalue weighted by atomic mass is 127. The first-order chi connectivity index (χ1) is 15.0. The highest BCUT2D eigenvalue weighted by Gasteiger charge is 2.19. The summed E-state index contributed by atoms with van der Waals surface area (Å²) in [7, 11) is 0. The van der Waals surface area contributed by atoms with Crippen molar-refractivity contribution in [2.45, 2.75) is 38.8 Å². The second-order valence-corrected chi connectivity index (χ2v) is 7.63. The van der Waals surface area contributed by atoms with Gasteiger partial charge in [0, 0.05) is 38.2 Å². The van der Waals surface area contributed by atoms with Gasteiger partial charge in [-0.15, -0.1) is 24.0 Å². The van der Waals surface area contributed by atoms with Crippen LogP contribution in [0.15, 0.2) is 59.6 Å². The van der Waals surface area contributed by atoms with Gasteiger partial charge in [-0.3, -0.25) is 14.9 Å². The number of non-ortho nitro benzene ring substituents is 1. The minimum absolute atomic E-state index is 0. The second-order valence-electron chi connectivity index (χ2n) is 7.63. The number of hydrogen-bond acceptors (Lipinski definition) is 4. The van der Waals surface area contributed by atoms with E-state index in [4.69, 9.17) is 0 Å². The maximum atomic E-state index is 11.8. The van der Waals surface area contributed by atoms with Crippen LogP contribution in [0.3, 0.4) is 0 Å². The van der Waals surface area contributed by atoms with E-state index in [-0.39, 0.29) is 41.6 Å². The first-order valence-electron chi connectivity index (χ1n) is 10.6. The largest absolute Gasteiger partial charge is 0.356 e. The third-order valence-corrected chi connectivity index (χ3v) is 5.29. The lowest BCUT2D eigenvalue weighted by Crippen LogP contribution is -2.40. The normalized spacial score (nSPS) is 14.6. The van der Waals surface area contributed by atoms with E-state index in [1.165, 1.54) is 12.1 Å². The molecular formula is C23H30IN5O3. The quantitative estimate of drug-likeness (QED) is 0.123. The molecule has 1 unspecified atom stereocenters. The monoisotopic (exact) mass is 551 g/mol. The molecule has 1 heterocycles. The summed E-state index contributed by atoms with van der Waals surface area (Å²) < 4.78 is 0. The van der Waals surface area contributed by atoms with E-state index in [1.807, 2.05) is 23.1 Å². The van der Waals surface area contributed by atoms with Crippen LogP contribution in [0.25, 0.3) is 0 Å². The van der Waals surface area contributed by atoms with Crippen molar-refractivity contribution in [3.63, 3.8) is 0 Å². The zero-order valence-electron chi connectivity index (χ0n) is 18.2. The van der Waals surface area contributed by atoms with Gasteiger partial charge in [0.2, 0.25) is 5.91 Å². The Labute approximate surface area is 205 Å². The fraction of sp³-hybridized carbons (Fsp3) is 0.391. The van der Waals surface area contributed by atoms with Crippen LogP contribution in [0.2, 0.25) is 0 Å². The Morgan fingerprint density at radius 2 is 1.91 bits per heavy atom. The van der Waals surface area contributed by atoms with Crippen molar-refractivity contribution in [1.82, 2.24) is 15.5 Å². The molecule has 8 nitrogen and oxygen atoms in total. The number of amides is 1. The summed E-state index contributed by atoms with van der Waals surface area (Å²) in [5, 5.41) is 17.6.